The second-order valence-corrected chi connectivity index (χ2v) is 8.67. The molecule has 8 heteroatoms. The molecule has 0 bridgehead atoms. The summed E-state index contributed by atoms with van der Waals surface area (Å²) < 4.78 is 34.1. The van der Waals surface area contributed by atoms with Crippen LogP contribution in [0, 0.1) is 6.92 Å². The standard InChI is InChI=1S/C15H18N2O4S2/c1-11-8-13(9-14(18)16(11)2)21-12-5-6-17(10-12)23(19,20)15-4-3-7-22-15/h3-4,7-9,12H,5-6,10H2,1-2H3. The molecule has 0 aromatic carbocycles. The molecule has 3 rings (SSSR count). The van der Waals surface area contributed by atoms with E-state index in [1.165, 1.54) is 26.3 Å². The Balaban J connectivity index is 1.73. The van der Waals surface area contributed by atoms with E-state index in [0.29, 0.717) is 29.5 Å². The SMILES string of the molecule is Cc1cc(OC2CCN(S(=O)(=O)c3cccs3)C2)cc(=O)n1C. The lowest BCUT2D eigenvalue weighted by molar-refractivity contribution is 0.214. The molecule has 1 fully saturated rings. The first-order valence-corrected chi connectivity index (χ1v) is 9.58. The maximum atomic E-state index is 12.5. The third-order valence-electron chi connectivity index (χ3n) is 3.98. The Hall–Kier alpha value is -1.64. The monoisotopic (exact) mass is 354 g/mol. The molecule has 0 aliphatic carbocycles. The molecule has 1 atom stereocenters. The lowest BCUT2D eigenvalue weighted by atomic mass is 10.3. The Kier molecular flexibility index (Phi) is 4.31. The van der Waals surface area contributed by atoms with Crippen molar-refractivity contribution in [2.75, 3.05) is 13.1 Å². The predicted octanol–water partition coefficient (Wildman–Crippen LogP) is 1.60. The molecule has 0 saturated carbocycles. The van der Waals surface area contributed by atoms with Crippen LogP contribution in [0.25, 0.3) is 0 Å². The summed E-state index contributed by atoms with van der Waals surface area (Å²) in [5.74, 6) is 0.492. The van der Waals surface area contributed by atoms with Crippen molar-refractivity contribution >= 4 is 21.4 Å². The summed E-state index contributed by atoms with van der Waals surface area (Å²) in [6.07, 6.45) is 0.370. The summed E-state index contributed by atoms with van der Waals surface area (Å²) in [5, 5.41) is 1.75. The Morgan fingerprint density at radius 3 is 2.78 bits per heavy atom. The quantitative estimate of drug-likeness (QED) is 0.836. The fraction of sp³-hybridized carbons (Fsp3) is 0.400. The molecule has 6 nitrogen and oxygen atoms in total. The summed E-state index contributed by atoms with van der Waals surface area (Å²) >= 11 is 1.21. The Morgan fingerprint density at radius 1 is 1.35 bits per heavy atom. The van der Waals surface area contributed by atoms with Crippen LogP contribution >= 0.6 is 11.3 Å². The van der Waals surface area contributed by atoms with Gasteiger partial charge in [-0.2, -0.15) is 4.31 Å². The maximum absolute atomic E-state index is 12.5. The first-order chi connectivity index (χ1) is 10.9. The van der Waals surface area contributed by atoms with Gasteiger partial charge in [0.2, 0.25) is 0 Å². The second kappa shape index (κ2) is 6.10. The third kappa shape index (κ3) is 3.19. The van der Waals surface area contributed by atoms with Gasteiger partial charge in [0.1, 0.15) is 16.1 Å². The number of pyridine rings is 1. The van der Waals surface area contributed by atoms with Crippen LogP contribution in [-0.2, 0) is 17.1 Å². The molecular formula is C15H18N2O4S2. The molecule has 3 heterocycles. The fourth-order valence-electron chi connectivity index (χ4n) is 2.55. The van der Waals surface area contributed by atoms with E-state index in [9.17, 15) is 13.2 Å². The van der Waals surface area contributed by atoms with Crippen molar-refractivity contribution in [2.45, 2.75) is 23.7 Å². The van der Waals surface area contributed by atoms with E-state index in [2.05, 4.69) is 0 Å². The van der Waals surface area contributed by atoms with Gasteiger partial charge in [-0.05, 0) is 30.9 Å². The van der Waals surface area contributed by atoms with Gasteiger partial charge in [-0.25, -0.2) is 8.42 Å². The van der Waals surface area contributed by atoms with Gasteiger partial charge in [0.05, 0.1) is 6.54 Å². The van der Waals surface area contributed by atoms with E-state index in [4.69, 9.17) is 4.74 Å². The summed E-state index contributed by atoms with van der Waals surface area (Å²) in [6.45, 7) is 2.56. The average Bonchev–Trinajstić information content (AvgIpc) is 3.16. The molecule has 23 heavy (non-hydrogen) atoms. The lowest BCUT2D eigenvalue weighted by Crippen LogP contribution is -2.30. The van der Waals surface area contributed by atoms with Gasteiger partial charge in [0.25, 0.3) is 15.6 Å². The van der Waals surface area contributed by atoms with Gasteiger partial charge in [-0.15, -0.1) is 11.3 Å². The molecule has 1 aliphatic rings. The first-order valence-electron chi connectivity index (χ1n) is 7.26. The second-order valence-electron chi connectivity index (χ2n) is 5.55. The van der Waals surface area contributed by atoms with Crippen molar-refractivity contribution < 1.29 is 13.2 Å². The number of ether oxygens (including phenoxy) is 1. The van der Waals surface area contributed by atoms with Crippen LogP contribution in [-0.4, -0.2) is 36.5 Å². The van der Waals surface area contributed by atoms with E-state index in [1.54, 1.807) is 30.6 Å². The van der Waals surface area contributed by atoms with E-state index < -0.39 is 10.0 Å². The van der Waals surface area contributed by atoms with Crippen LogP contribution in [0.15, 0.2) is 38.6 Å². The molecule has 0 amide bonds. The third-order valence-corrected chi connectivity index (χ3v) is 7.21. The van der Waals surface area contributed by atoms with Crippen molar-refractivity contribution in [1.29, 1.82) is 0 Å². The van der Waals surface area contributed by atoms with Crippen molar-refractivity contribution in [3.8, 4) is 5.75 Å². The summed E-state index contributed by atoms with van der Waals surface area (Å²) in [6, 6.07) is 6.56. The Morgan fingerprint density at radius 2 is 2.13 bits per heavy atom. The van der Waals surface area contributed by atoms with Crippen molar-refractivity contribution in [1.82, 2.24) is 8.87 Å². The molecule has 0 radical (unpaired) electrons. The number of rotatable bonds is 4. The van der Waals surface area contributed by atoms with E-state index in [0.717, 1.165) is 5.69 Å². The van der Waals surface area contributed by atoms with Crippen LogP contribution in [0.3, 0.4) is 0 Å². The highest BCUT2D eigenvalue weighted by Crippen LogP contribution is 2.26. The fourth-order valence-corrected chi connectivity index (χ4v) is 5.18. The summed E-state index contributed by atoms with van der Waals surface area (Å²) in [4.78, 5) is 11.8. The highest BCUT2D eigenvalue weighted by Gasteiger charge is 2.34. The number of hydrogen-bond donors (Lipinski definition) is 0. The minimum Gasteiger partial charge on any atom is -0.489 e. The summed E-state index contributed by atoms with van der Waals surface area (Å²) in [5.41, 5.74) is 0.662. The molecule has 2 aromatic heterocycles. The zero-order valence-electron chi connectivity index (χ0n) is 12.9. The van der Waals surface area contributed by atoms with Gasteiger partial charge in [0.15, 0.2) is 0 Å². The minimum absolute atomic E-state index is 0.138. The van der Waals surface area contributed by atoms with Crippen molar-refractivity contribution in [3.63, 3.8) is 0 Å². The molecule has 2 aromatic rings. The van der Waals surface area contributed by atoms with Crippen LogP contribution in [0.5, 0.6) is 5.75 Å². The number of sulfonamides is 1. The highest BCUT2D eigenvalue weighted by molar-refractivity contribution is 7.91. The highest BCUT2D eigenvalue weighted by atomic mass is 32.2. The summed E-state index contributed by atoms with van der Waals surface area (Å²) in [7, 11) is -1.74. The normalized spacial score (nSPS) is 19.1. The average molecular weight is 354 g/mol. The maximum Gasteiger partial charge on any atom is 0.254 e. The van der Waals surface area contributed by atoms with Gasteiger partial charge in [-0.3, -0.25) is 4.79 Å². The molecule has 1 unspecified atom stereocenters. The van der Waals surface area contributed by atoms with Gasteiger partial charge >= 0.3 is 0 Å². The van der Waals surface area contributed by atoms with Crippen LogP contribution < -0.4 is 10.3 Å². The number of aryl methyl sites for hydroxylation is 1. The van der Waals surface area contributed by atoms with E-state index in [1.807, 2.05) is 6.92 Å². The van der Waals surface area contributed by atoms with E-state index in [-0.39, 0.29) is 11.7 Å². The van der Waals surface area contributed by atoms with Crippen LogP contribution in [0.4, 0.5) is 0 Å². The molecule has 1 aliphatic heterocycles. The zero-order valence-corrected chi connectivity index (χ0v) is 14.6. The predicted molar refractivity (Wildman–Crippen MR) is 88.5 cm³/mol. The lowest BCUT2D eigenvalue weighted by Gasteiger charge is -2.17. The van der Waals surface area contributed by atoms with Crippen molar-refractivity contribution in [3.05, 3.63) is 45.7 Å². The Labute approximate surface area is 139 Å². The van der Waals surface area contributed by atoms with E-state index >= 15 is 0 Å². The van der Waals surface area contributed by atoms with Gasteiger partial charge in [-0.1, -0.05) is 6.07 Å². The molecule has 1 saturated heterocycles. The van der Waals surface area contributed by atoms with Gasteiger partial charge in [0, 0.05) is 25.4 Å². The minimum atomic E-state index is -3.44. The Bertz CT molecular complexity index is 856. The largest absolute Gasteiger partial charge is 0.489 e. The molecular weight excluding hydrogens is 336 g/mol. The zero-order chi connectivity index (χ0) is 16.6. The number of hydrogen-bond acceptors (Lipinski definition) is 5. The van der Waals surface area contributed by atoms with Crippen molar-refractivity contribution in [2.24, 2.45) is 7.05 Å². The molecule has 0 N–H and O–H groups in total. The number of nitrogens with zero attached hydrogens (tertiary/aromatic N) is 2. The topological polar surface area (TPSA) is 68.6 Å². The van der Waals surface area contributed by atoms with Gasteiger partial charge < -0.3 is 9.30 Å². The molecule has 0 spiro atoms. The number of aromatic nitrogens is 1. The van der Waals surface area contributed by atoms with Crippen LogP contribution in [0.2, 0.25) is 0 Å². The number of thiophene rings is 1. The van der Waals surface area contributed by atoms with Crippen LogP contribution in [0.1, 0.15) is 12.1 Å². The smallest absolute Gasteiger partial charge is 0.254 e. The molecule has 124 valence electrons. The first kappa shape index (κ1) is 16.2.